The molecule has 0 aromatic rings. The average Bonchev–Trinajstić information content (AvgIpc) is 2.24. The maximum Gasteiger partial charge on any atom is -0.0185 e. The summed E-state index contributed by atoms with van der Waals surface area (Å²) in [7, 11) is 0. The lowest BCUT2D eigenvalue weighted by molar-refractivity contribution is 0.232. The van der Waals surface area contributed by atoms with Gasteiger partial charge >= 0.3 is 0 Å². The van der Waals surface area contributed by atoms with Gasteiger partial charge in [-0.05, 0) is 43.4 Å². The van der Waals surface area contributed by atoms with Crippen molar-refractivity contribution < 1.29 is 0 Å². The second-order valence-electron chi connectivity index (χ2n) is 4.40. The van der Waals surface area contributed by atoms with E-state index >= 15 is 0 Å². The van der Waals surface area contributed by atoms with Crippen LogP contribution >= 0.6 is 0 Å². The van der Waals surface area contributed by atoms with Gasteiger partial charge in [-0.2, -0.15) is 0 Å². The van der Waals surface area contributed by atoms with Crippen molar-refractivity contribution in [3.05, 3.63) is 5.92 Å². The molecule has 0 N–H and O–H groups in total. The van der Waals surface area contributed by atoms with Gasteiger partial charge in [-0.25, -0.2) is 0 Å². The lowest BCUT2D eigenvalue weighted by Gasteiger charge is -2.39. The molecule has 0 unspecified atom stereocenters. The van der Waals surface area contributed by atoms with E-state index in [-0.39, 0.29) is 0 Å². The molecule has 0 nitrogen and oxygen atoms in total. The fourth-order valence-corrected chi connectivity index (χ4v) is 2.80. The van der Waals surface area contributed by atoms with Gasteiger partial charge in [0.05, 0.1) is 0 Å². The zero-order chi connectivity index (χ0) is 11.0. The number of hydrogen-bond acceptors (Lipinski definition) is 0. The summed E-state index contributed by atoms with van der Waals surface area (Å²) in [5.41, 5.74) is 0.569. The minimum Gasteiger partial charge on any atom is -0.0654 e. The third kappa shape index (κ3) is 3.29. The highest BCUT2D eigenvalue weighted by Gasteiger charge is 2.32. The summed E-state index contributed by atoms with van der Waals surface area (Å²) < 4.78 is 0. The average molecular weight is 197 g/mol. The van der Waals surface area contributed by atoms with Crippen molar-refractivity contribution in [1.29, 1.82) is 0 Å². The van der Waals surface area contributed by atoms with Crippen LogP contribution in [0.3, 0.4) is 0 Å². The summed E-state index contributed by atoms with van der Waals surface area (Å²) in [5.74, 6) is 1.80. The van der Waals surface area contributed by atoms with Crippen LogP contribution in [0.4, 0.5) is 0 Å². The first-order valence-corrected chi connectivity index (χ1v) is 6.55. The highest BCUT2D eigenvalue weighted by molar-refractivity contribution is 5.04. The van der Waals surface area contributed by atoms with Gasteiger partial charge in [-0.1, -0.05) is 47.5 Å². The van der Waals surface area contributed by atoms with Crippen molar-refractivity contribution in [3.63, 3.8) is 0 Å². The van der Waals surface area contributed by atoms with Crippen LogP contribution in [-0.2, 0) is 0 Å². The molecule has 0 amide bonds. The Kier molecular flexibility index (Phi) is 7.31. The Balaban J connectivity index is 4.47. The highest BCUT2D eigenvalue weighted by Crippen LogP contribution is 2.44. The zero-order valence-corrected chi connectivity index (χ0v) is 10.9. The largest absolute Gasteiger partial charge is 0.0654 e. The van der Waals surface area contributed by atoms with Crippen LogP contribution in [-0.4, -0.2) is 0 Å². The van der Waals surface area contributed by atoms with Gasteiger partial charge in [-0.15, -0.1) is 0 Å². The van der Waals surface area contributed by atoms with Crippen LogP contribution in [0.2, 0.25) is 0 Å². The zero-order valence-electron chi connectivity index (χ0n) is 10.9. The second-order valence-corrected chi connectivity index (χ2v) is 4.40. The molecule has 85 valence electrons. The van der Waals surface area contributed by atoms with Crippen molar-refractivity contribution in [2.75, 3.05) is 0 Å². The molecule has 0 saturated heterocycles. The van der Waals surface area contributed by atoms with E-state index in [4.69, 9.17) is 0 Å². The smallest absolute Gasteiger partial charge is 0.0185 e. The van der Waals surface area contributed by atoms with Crippen molar-refractivity contribution in [2.45, 2.75) is 79.6 Å². The Hall–Kier alpha value is 0. The van der Waals surface area contributed by atoms with Gasteiger partial charge in [0.25, 0.3) is 0 Å². The normalized spacial score (nSPS) is 12.4. The van der Waals surface area contributed by atoms with Crippen molar-refractivity contribution >= 4 is 0 Å². The van der Waals surface area contributed by atoms with Crippen LogP contribution in [0.5, 0.6) is 0 Å². The highest BCUT2D eigenvalue weighted by atomic mass is 14.4. The van der Waals surface area contributed by atoms with Gasteiger partial charge in [0.1, 0.15) is 0 Å². The molecule has 0 bridgehead atoms. The molecule has 0 fully saturated rings. The first kappa shape index (κ1) is 14.0. The molecule has 0 rings (SSSR count). The molecule has 0 aromatic carbocycles. The molecule has 0 aromatic heterocycles. The number of rotatable bonds is 8. The van der Waals surface area contributed by atoms with E-state index in [2.05, 4.69) is 34.6 Å². The molecule has 0 saturated carbocycles. The van der Waals surface area contributed by atoms with Crippen LogP contribution in [0.15, 0.2) is 0 Å². The Morgan fingerprint density at radius 1 is 0.857 bits per heavy atom. The van der Waals surface area contributed by atoms with Crippen LogP contribution in [0, 0.1) is 11.3 Å². The third-order valence-corrected chi connectivity index (χ3v) is 3.97. The topological polar surface area (TPSA) is 0 Å². The number of unbranched alkanes of at least 4 members (excludes halogenated alkanes) is 1. The van der Waals surface area contributed by atoms with Gasteiger partial charge in [0.2, 0.25) is 0 Å². The lowest BCUT2D eigenvalue weighted by atomic mass is 9.66. The molecule has 0 aliphatic rings. The molecule has 0 spiro atoms. The minimum atomic E-state index is 0.569. The molecule has 0 aliphatic heterocycles. The van der Waals surface area contributed by atoms with Gasteiger partial charge in [0, 0.05) is 0 Å². The van der Waals surface area contributed by atoms with Crippen molar-refractivity contribution in [3.8, 4) is 0 Å². The summed E-state index contributed by atoms with van der Waals surface area (Å²) in [4.78, 5) is 0. The van der Waals surface area contributed by atoms with Crippen LogP contribution in [0.1, 0.15) is 79.6 Å². The Morgan fingerprint density at radius 3 is 1.64 bits per heavy atom. The predicted octanol–water partition coefficient (Wildman–Crippen LogP) is 5.38. The molecule has 0 atom stereocenters. The molecule has 0 heteroatoms. The van der Waals surface area contributed by atoms with Crippen LogP contribution in [0.25, 0.3) is 0 Å². The van der Waals surface area contributed by atoms with E-state index in [0.29, 0.717) is 5.41 Å². The fraction of sp³-hybridized carbons (Fsp3) is 0.929. The SMILES string of the molecule is CCCCC(CC)(CC)[C](CC)CC. The standard InChI is InChI=1S/C14H29/c1-6-11-12-14(9-4,10-5)13(7-2)8-3/h6-12H2,1-5H3. The Labute approximate surface area is 91.5 Å². The van der Waals surface area contributed by atoms with E-state index in [1.165, 1.54) is 44.9 Å². The Morgan fingerprint density at radius 2 is 1.36 bits per heavy atom. The number of hydrogen-bond donors (Lipinski definition) is 0. The van der Waals surface area contributed by atoms with E-state index in [0.717, 1.165) is 0 Å². The van der Waals surface area contributed by atoms with E-state index < -0.39 is 0 Å². The van der Waals surface area contributed by atoms with E-state index in [1.54, 1.807) is 5.92 Å². The van der Waals surface area contributed by atoms with Crippen molar-refractivity contribution in [1.82, 2.24) is 0 Å². The maximum absolute atomic E-state index is 2.37. The monoisotopic (exact) mass is 197 g/mol. The first-order valence-electron chi connectivity index (χ1n) is 6.55. The second kappa shape index (κ2) is 7.31. The summed E-state index contributed by atoms with van der Waals surface area (Å²) in [6.07, 6.45) is 9.37. The lowest BCUT2D eigenvalue weighted by Crippen LogP contribution is -2.27. The summed E-state index contributed by atoms with van der Waals surface area (Å²) in [5, 5.41) is 0. The van der Waals surface area contributed by atoms with Crippen LogP contribution < -0.4 is 0 Å². The molecule has 14 heavy (non-hydrogen) atoms. The molecule has 1 radical (unpaired) electrons. The maximum atomic E-state index is 2.37. The summed E-state index contributed by atoms with van der Waals surface area (Å²) in [6.45, 7) is 11.7. The van der Waals surface area contributed by atoms with Crippen molar-refractivity contribution in [2.24, 2.45) is 5.41 Å². The molecular formula is C14H29. The van der Waals surface area contributed by atoms with Gasteiger partial charge in [-0.3, -0.25) is 0 Å². The third-order valence-electron chi connectivity index (χ3n) is 3.97. The molecule has 0 aliphatic carbocycles. The van der Waals surface area contributed by atoms with E-state index in [9.17, 15) is 0 Å². The quantitative estimate of drug-likeness (QED) is 0.490. The predicted molar refractivity (Wildman–Crippen MR) is 66.4 cm³/mol. The summed E-state index contributed by atoms with van der Waals surface area (Å²) >= 11 is 0. The molecule has 0 heterocycles. The fourth-order valence-electron chi connectivity index (χ4n) is 2.80. The van der Waals surface area contributed by atoms with Gasteiger partial charge < -0.3 is 0 Å². The molecular weight excluding hydrogens is 168 g/mol. The van der Waals surface area contributed by atoms with E-state index in [1.807, 2.05) is 0 Å². The van der Waals surface area contributed by atoms with Gasteiger partial charge in [0.15, 0.2) is 0 Å². The first-order chi connectivity index (χ1) is 6.70. The Bertz CT molecular complexity index is 118. The minimum absolute atomic E-state index is 0.569. The summed E-state index contributed by atoms with van der Waals surface area (Å²) in [6, 6.07) is 0.